The minimum Gasteiger partial charge on any atom is -0.398 e. The van der Waals surface area contributed by atoms with Gasteiger partial charge in [-0.05, 0) is 29.5 Å². The van der Waals surface area contributed by atoms with Crippen molar-refractivity contribution in [3.8, 4) is 12.3 Å². The molecule has 0 spiro atoms. The highest BCUT2D eigenvalue weighted by Gasteiger charge is 2.20. The second-order valence-corrected chi connectivity index (χ2v) is 3.61. The molecule has 0 radical (unpaired) electrons. The van der Waals surface area contributed by atoms with E-state index in [0.717, 1.165) is 17.7 Å². The number of benzene rings is 1. The van der Waals surface area contributed by atoms with Gasteiger partial charge in [-0.3, -0.25) is 4.79 Å². The summed E-state index contributed by atoms with van der Waals surface area (Å²) in [5.41, 5.74) is 8.85. The first-order valence-corrected chi connectivity index (χ1v) is 4.84. The number of rotatable bonds is 0. The number of carbonyl (C=O) groups excluding carboxylic acids is 1. The highest BCUT2D eigenvalue weighted by molar-refractivity contribution is 5.93. The van der Waals surface area contributed by atoms with Crippen LogP contribution in [0.15, 0.2) is 18.2 Å². The van der Waals surface area contributed by atoms with Gasteiger partial charge in [-0.2, -0.15) is 0 Å². The van der Waals surface area contributed by atoms with Gasteiger partial charge in [-0.15, -0.1) is 6.42 Å². The molecule has 0 unspecified atom stereocenters. The van der Waals surface area contributed by atoms with Gasteiger partial charge >= 0.3 is 0 Å². The lowest BCUT2D eigenvalue weighted by Crippen LogP contribution is -2.35. The topological polar surface area (TPSA) is 46.3 Å². The number of nitrogens with two attached hydrogens (primary N) is 1. The van der Waals surface area contributed by atoms with Gasteiger partial charge in [0.15, 0.2) is 0 Å². The van der Waals surface area contributed by atoms with E-state index in [9.17, 15) is 4.79 Å². The minimum absolute atomic E-state index is 0.260. The Balaban J connectivity index is 2.31. The molecule has 0 aromatic heterocycles. The second-order valence-electron chi connectivity index (χ2n) is 3.61. The molecule has 0 saturated carbocycles. The number of nitrogens with zero attached hydrogens (tertiary/aromatic N) is 1. The van der Waals surface area contributed by atoms with E-state index in [1.165, 1.54) is 5.56 Å². The lowest BCUT2D eigenvalue weighted by molar-refractivity contribution is -0.125. The lowest BCUT2D eigenvalue weighted by atomic mass is 9.98. The fourth-order valence-corrected chi connectivity index (χ4v) is 1.87. The second kappa shape index (κ2) is 3.66. The molecular weight excluding hydrogens is 188 g/mol. The zero-order valence-electron chi connectivity index (χ0n) is 8.36. The van der Waals surface area contributed by atoms with Gasteiger partial charge in [0.2, 0.25) is 0 Å². The van der Waals surface area contributed by atoms with Crippen molar-refractivity contribution in [2.75, 3.05) is 12.3 Å². The molecule has 2 rings (SSSR count). The van der Waals surface area contributed by atoms with Crippen molar-refractivity contribution in [3.05, 3.63) is 29.3 Å². The molecule has 1 aliphatic rings. The first-order chi connectivity index (χ1) is 7.22. The van der Waals surface area contributed by atoms with Crippen molar-refractivity contribution in [2.24, 2.45) is 0 Å². The first kappa shape index (κ1) is 9.60. The number of hydrogen-bond acceptors (Lipinski definition) is 2. The maximum atomic E-state index is 11.3. The molecule has 1 amide bonds. The fourth-order valence-electron chi connectivity index (χ4n) is 1.87. The van der Waals surface area contributed by atoms with Crippen molar-refractivity contribution < 1.29 is 4.79 Å². The Bertz CT molecular complexity index is 445. The van der Waals surface area contributed by atoms with Crippen molar-refractivity contribution >= 4 is 11.6 Å². The van der Waals surface area contributed by atoms with E-state index in [-0.39, 0.29) is 5.91 Å². The molecule has 3 heteroatoms. The number of amides is 1. The summed E-state index contributed by atoms with van der Waals surface area (Å²) in [4.78, 5) is 13.0. The van der Waals surface area contributed by atoms with Crippen LogP contribution in [0.2, 0.25) is 0 Å². The van der Waals surface area contributed by atoms with Crippen molar-refractivity contribution in [1.29, 1.82) is 0 Å². The summed E-state index contributed by atoms with van der Waals surface area (Å²) < 4.78 is 0. The SMILES string of the molecule is C#CC(=O)N1CCc2cccc(N)c2C1. The molecule has 76 valence electrons. The van der Waals surface area contributed by atoms with Crippen LogP contribution in [0.1, 0.15) is 11.1 Å². The standard InChI is InChI=1S/C12H12N2O/c1-2-12(15)14-7-6-9-4-3-5-11(13)10(9)8-14/h1,3-5H,6-8,13H2. The summed E-state index contributed by atoms with van der Waals surface area (Å²) in [6.45, 7) is 1.21. The maximum absolute atomic E-state index is 11.3. The highest BCUT2D eigenvalue weighted by atomic mass is 16.2. The molecule has 0 bridgehead atoms. The van der Waals surface area contributed by atoms with Gasteiger partial charge in [-0.25, -0.2) is 0 Å². The molecule has 2 N–H and O–H groups in total. The van der Waals surface area contributed by atoms with Crippen LogP contribution in [0.3, 0.4) is 0 Å². The summed E-state index contributed by atoms with van der Waals surface area (Å²) in [6.07, 6.45) is 5.92. The Morgan fingerprint density at radius 1 is 1.53 bits per heavy atom. The van der Waals surface area contributed by atoms with E-state index in [1.54, 1.807) is 4.90 Å². The number of hydrogen-bond donors (Lipinski definition) is 1. The Labute approximate surface area is 88.9 Å². The van der Waals surface area contributed by atoms with Crippen LogP contribution in [0.4, 0.5) is 5.69 Å². The smallest absolute Gasteiger partial charge is 0.298 e. The number of carbonyl (C=O) groups is 1. The van der Waals surface area contributed by atoms with E-state index >= 15 is 0 Å². The summed E-state index contributed by atoms with van der Waals surface area (Å²) in [6, 6.07) is 5.83. The normalized spacial score (nSPS) is 14.2. The van der Waals surface area contributed by atoms with Crippen LogP contribution >= 0.6 is 0 Å². The maximum Gasteiger partial charge on any atom is 0.298 e. The van der Waals surface area contributed by atoms with E-state index in [1.807, 2.05) is 18.2 Å². The summed E-state index contributed by atoms with van der Waals surface area (Å²) in [5, 5.41) is 0. The minimum atomic E-state index is -0.260. The third-order valence-corrected chi connectivity index (χ3v) is 2.72. The molecule has 0 fully saturated rings. The quantitative estimate of drug-likeness (QED) is 0.497. The average Bonchev–Trinajstić information content (AvgIpc) is 2.28. The zero-order valence-corrected chi connectivity index (χ0v) is 8.36. The molecule has 1 aromatic carbocycles. The van der Waals surface area contributed by atoms with Gasteiger partial charge in [0.05, 0.1) is 0 Å². The van der Waals surface area contributed by atoms with Crippen LogP contribution in [0, 0.1) is 12.3 Å². The Morgan fingerprint density at radius 2 is 2.33 bits per heavy atom. The first-order valence-electron chi connectivity index (χ1n) is 4.84. The van der Waals surface area contributed by atoms with Crippen LogP contribution in [-0.2, 0) is 17.8 Å². The number of fused-ring (bicyclic) bond motifs is 1. The van der Waals surface area contributed by atoms with Gasteiger partial charge in [-0.1, -0.05) is 12.1 Å². The molecule has 1 aliphatic heterocycles. The van der Waals surface area contributed by atoms with Crippen LogP contribution in [0.25, 0.3) is 0 Å². The van der Waals surface area contributed by atoms with Crippen LogP contribution < -0.4 is 5.73 Å². The van der Waals surface area contributed by atoms with E-state index in [2.05, 4.69) is 5.92 Å². The monoisotopic (exact) mass is 200 g/mol. The molecule has 0 atom stereocenters. The number of anilines is 1. The van der Waals surface area contributed by atoms with Crippen LogP contribution in [0.5, 0.6) is 0 Å². The van der Waals surface area contributed by atoms with Crippen LogP contribution in [-0.4, -0.2) is 17.4 Å². The summed E-state index contributed by atoms with van der Waals surface area (Å²) >= 11 is 0. The largest absolute Gasteiger partial charge is 0.398 e. The fraction of sp³-hybridized carbons (Fsp3) is 0.250. The molecule has 0 aliphatic carbocycles. The van der Waals surface area contributed by atoms with Gasteiger partial charge in [0, 0.05) is 18.8 Å². The third kappa shape index (κ3) is 1.66. The number of nitrogen functional groups attached to an aromatic ring is 1. The average molecular weight is 200 g/mol. The summed E-state index contributed by atoms with van der Waals surface area (Å²) in [7, 11) is 0. The highest BCUT2D eigenvalue weighted by Crippen LogP contribution is 2.23. The van der Waals surface area contributed by atoms with E-state index in [0.29, 0.717) is 13.1 Å². The summed E-state index contributed by atoms with van der Waals surface area (Å²) in [5.74, 6) is 1.87. The van der Waals surface area contributed by atoms with Crippen molar-refractivity contribution in [1.82, 2.24) is 4.90 Å². The lowest BCUT2D eigenvalue weighted by Gasteiger charge is -2.28. The predicted octanol–water partition coefficient (Wildman–Crippen LogP) is 0.787. The molecule has 0 saturated heterocycles. The van der Waals surface area contributed by atoms with Gasteiger partial charge < -0.3 is 10.6 Å². The predicted molar refractivity (Wildman–Crippen MR) is 58.8 cm³/mol. The van der Waals surface area contributed by atoms with Crippen molar-refractivity contribution in [3.63, 3.8) is 0 Å². The molecule has 1 heterocycles. The molecule has 1 aromatic rings. The number of terminal acetylenes is 1. The van der Waals surface area contributed by atoms with E-state index in [4.69, 9.17) is 12.2 Å². The third-order valence-electron chi connectivity index (χ3n) is 2.72. The molecule has 15 heavy (non-hydrogen) atoms. The Morgan fingerprint density at radius 3 is 3.07 bits per heavy atom. The van der Waals surface area contributed by atoms with E-state index < -0.39 is 0 Å². The van der Waals surface area contributed by atoms with Gasteiger partial charge in [0.1, 0.15) is 0 Å². The molecular formula is C12H12N2O. The Hall–Kier alpha value is -1.95. The Kier molecular flexibility index (Phi) is 2.34. The zero-order chi connectivity index (χ0) is 10.8. The van der Waals surface area contributed by atoms with Gasteiger partial charge in [0.25, 0.3) is 5.91 Å². The molecule has 3 nitrogen and oxygen atoms in total. The van der Waals surface area contributed by atoms with Crippen molar-refractivity contribution in [2.45, 2.75) is 13.0 Å².